The predicted octanol–water partition coefficient (Wildman–Crippen LogP) is 0.750. The summed E-state index contributed by atoms with van der Waals surface area (Å²) >= 11 is 0. The first-order chi connectivity index (χ1) is 6.25. The molecule has 2 N–H and O–H groups in total. The van der Waals surface area contributed by atoms with Gasteiger partial charge in [-0.15, -0.1) is 0 Å². The Hall–Kier alpha value is -1.29. The number of aryl methyl sites for hydroxylation is 1. The number of hydrogen-bond donors (Lipinski definition) is 1. The number of ether oxygens (including phenoxy) is 2. The molecule has 4 heteroatoms. The zero-order valence-corrected chi connectivity index (χ0v) is 7.49. The van der Waals surface area contributed by atoms with Crippen LogP contribution in [0.5, 0.6) is 5.88 Å². The Morgan fingerprint density at radius 3 is 2.92 bits per heavy atom. The van der Waals surface area contributed by atoms with Gasteiger partial charge in [-0.1, -0.05) is 0 Å². The number of nitrogen functional groups attached to an aromatic ring is 1. The Morgan fingerprint density at radius 1 is 1.62 bits per heavy atom. The van der Waals surface area contributed by atoms with Gasteiger partial charge < -0.3 is 15.2 Å². The lowest BCUT2D eigenvalue weighted by molar-refractivity contribution is -0.0815. The minimum atomic E-state index is 0.162. The van der Waals surface area contributed by atoms with E-state index in [0.717, 1.165) is 5.56 Å². The highest BCUT2D eigenvalue weighted by Gasteiger charge is 2.21. The highest BCUT2D eigenvalue weighted by atomic mass is 16.6. The maximum atomic E-state index is 5.56. The molecule has 13 heavy (non-hydrogen) atoms. The van der Waals surface area contributed by atoms with Crippen molar-refractivity contribution >= 4 is 5.69 Å². The van der Waals surface area contributed by atoms with E-state index in [1.807, 2.05) is 13.0 Å². The van der Waals surface area contributed by atoms with Crippen LogP contribution in [0.1, 0.15) is 5.56 Å². The van der Waals surface area contributed by atoms with Crippen molar-refractivity contribution in [3.63, 3.8) is 0 Å². The molecule has 1 aliphatic heterocycles. The van der Waals surface area contributed by atoms with E-state index in [0.29, 0.717) is 24.8 Å². The van der Waals surface area contributed by atoms with Crippen molar-refractivity contribution in [2.45, 2.75) is 13.0 Å². The van der Waals surface area contributed by atoms with Crippen LogP contribution < -0.4 is 10.5 Å². The zero-order chi connectivity index (χ0) is 9.26. The monoisotopic (exact) mass is 180 g/mol. The second-order valence-electron chi connectivity index (χ2n) is 3.17. The van der Waals surface area contributed by atoms with Crippen molar-refractivity contribution in [2.75, 3.05) is 18.9 Å². The molecule has 2 rings (SSSR count). The summed E-state index contributed by atoms with van der Waals surface area (Å²) in [6.07, 6.45) is 1.76. The van der Waals surface area contributed by atoms with Gasteiger partial charge in [0.25, 0.3) is 0 Å². The van der Waals surface area contributed by atoms with Gasteiger partial charge in [0.2, 0.25) is 5.88 Å². The molecule has 2 heterocycles. The van der Waals surface area contributed by atoms with Crippen molar-refractivity contribution in [3.05, 3.63) is 17.8 Å². The van der Waals surface area contributed by atoms with E-state index in [1.54, 1.807) is 6.20 Å². The van der Waals surface area contributed by atoms with E-state index in [-0.39, 0.29) is 6.10 Å². The molecule has 0 amide bonds. The molecule has 0 unspecified atom stereocenters. The maximum Gasteiger partial charge on any atom is 0.216 e. The smallest absolute Gasteiger partial charge is 0.216 e. The highest BCUT2D eigenvalue weighted by molar-refractivity contribution is 5.41. The zero-order valence-electron chi connectivity index (χ0n) is 7.49. The SMILES string of the molecule is Cc1cc(N)cnc1OC1COC1. The Balaban J connectivity index is 2.10. The second kappa shape index (κ2) is 3.22. The Labute approximate surface area is 76.7 Å². The number of anilines is 1. The Morgan fingerprint density at radius 2 is 2.38 bits per heavy atom. The van der Waals surface area contributed by atoms with Crippen molar-refractivity contribution in [3.8, 4) is 5.88 Å². The van der Waals surface area contributed by atoms with Crippen LogP contribution in [0, 0.1) is 6.92 Å². The fourth-order valence-electron chi connectivity index (χ4n) is 1.15. The molecular formula is C9H12N2O2. The van der Waals surface area contributed by atoms with E-state index >= 15 is 0 Å². The number of hydrogen-bond acceptors (Lipinski definition) is 4. The summed E-state index contributed by atoms with van der Waals surface area (Å²) < 4.78 is 10.5. The average Bonchev–Trinajstić information content (AvgIpc) is 1.99. The molecule has 4 nitrogen and oxygen atoms in total. The lowest BCUT2D eigenvalue weighted by Crippen LogP contribution is -2.38. The number of pyridine rings is 1. The Kier molecular flexibility index (Phi) is 2.06. The number of nitrogens with two attached hydrogens (primary N) is 1. The lowest BCUT2D eigenvalue weighted by atomic mass is 10.2. The van der Waals surface area contributed by atoms with Gasteiger partial charge in [-0.05, 0) is 13.0 Å². The third kappa shape index (κ3) is 1.72. The number of rotatable bonds is 2. The molecule has 1 aromatic heterocycles. The standard InChI is InChI=1S/C9H12N2O2/c1-6-2-7(10)3-11-9(6)13-8-4-12-5-8/h2-3,8H,4-5,10H2,1H3. The van der Waals surface area contributed by atoms with E-state index in [9.17, 15) is 0 Å². The van der Waals surface area contributed by atoms with Crippen molar-refractivity contribution < 1.29 is 9.47 Å². The fraction of sp³-hybridized carbons (Fsp3) is 0.444. The number of nitrogens with zero attached hydrogens (tertiary/aromatic N) is 1. The molecule has 0 radical (unpaired) electrons. The molecule has 1 saturated heterocycles. The summed E-state index contributed by atoms with van der Waals surface area (Å²) in [6.45, 7) is 3.25. The fourth-order valence-corrected chi connectivity index (χ4v) is 1.15. The summed E-state index contributed by atoms with van der Waals surface area (Å²) in [7, 11) is 0. The van der Waals surface area contributed by atoms with Crippen LogP contribution in [-0.4, -0.2) is 24.3 Å². The summed E-state index contributed by atoms with van der Waals surface area (Å²) in [5.74, 6) is 0.655. The first-order valence-electron chi connectivity index (χ1n) is 4.22. The maximum absolute atomic E-state index is 5.56. The van der Waals surface area contributed by atoms with Gasteiger partial charge in [-0.2, -0.15) is 0 Å². The third-order valence-corrected chi connectivity index (χ3v) is 1.94. The van der Waals surface area contributed by atoms with Crippen LogP contribution in [0.2, 0.25) is 0 Å². The van der Waals surface area contributed by atoms with Crippen LogP contribution in [-0.2, 0) is 4.74 Å². The first-order valence-corrected chi connectivity index (χ1v) is 4.22. The first kappa shape index (κ1) is 8.31. The molecule has 70 valence electrons. The van der Waals surface area contributed by atoms with Gasteiger partial charge in [-0.3, -0.25) is 0 Å². The van der Waals surface area contributed by atoms with Crippen LogP contribution in [0.4, 0.5) is 5.69 Å². The van der Waals surface area contributed by atoms with Gasteiger partial charge in [0.15, 0.2) is 0 Å². The van der Waals surface area contributed by atoms with Gasteiger partial charge >= 0.3 is 0 Å². The summed E-state index contributed by atoms with van der Waals surface area (Å²) in [5.41, 5.74) is 7.19. The minimum absolute atomic E-state index is 0.162. The van der Waals surface area contributed by atoms with Gasteiger partial charge in [0, 0.05) is 5.56 Å². The van der Waals surface area contributed by atoms with Crippen molar-refractivity contribution in [1.29, 1.82) is 0 Å². The van der Waals surface area contributed by atoms with Gasteiger partial charge in [-0.25, -0.2) is 4.98 Å². The van der Waals surface area contributed by atoms with Gasteiger partial charge in [0.1, 0.15) is 6.10 Å². The van der Waals surface area contributed by atoms with Crippen LogP contribution >= 0.6 is 0 Å². The van der Waals surface area contributed by atoms with Crippen LogP contribution in [0.25, 0.3) is 0 Å². The van der Waals surface area contributed by atoms with E-state index < -0.39 is 0 Å². The molecule has 0 aliphatic carbocycles. The van der Waals surface area contributed by atoms with E-state index in [2.05, 4.69) is 4.98 Å². The largest absolute Gasteiger partial charge is 0.469 e. The summed E-state index contributed by atoms with van der Waals surface area (Å²) in [5, 5.41) is 0. The Bertz CT molecular complexity index is 310. The summed E-state index contributed by atoms with van der Waals surface area (Å²) in [6, 6.07) is 1.85. The summed E-state index contributed by atoms with van der Waals surface area (Å²) in [4.78, 5) is 4.10. The molecule has 0 aromatic carbocycles. The van der Waals surface area contributed by atoms with Gasteiger partial charge in [0.05, 0.1) is 25.1 Å². The minimum Gasteiger partial charge on any atom is -0.469 e. The molecule has 0 spiro atoms. The van der Waals surface area contributed by atoms with Crippen molar-refractivity contribution in [2.24, 2.45) is 0 Å². The highest BCUT2D eigenvalue weighted by Crippen LogP contribution is 2.19. The van der Waals surface area contributed by atoms with Crippen LogP contribution in [0.15, 0.2) is 12.3 Å². The quantitative estimate of drug-likeness (QED) is 0.729. The van der Waals surface area contributed by atoms with Crippen LogP contribution in [0.3, 0.4) is 0 Å². The molecule has 0 bridgehead atoms. The molecule has 0 saturated carbocycles. The van der Waals surface area contributed by atoms with Crippen molar-refractivity contribution in [1.82, 2.24) is 4.98 Å². The molecular weight excluding hydrogens is 168 g/mol. The molecule has 1 aliphatic rings. The topological polar surface area (TPSA) is 57.4 Å². The van der Waals surface area contributed by atoms with E-state index in [1.165, 1.54) is 0 Å². The predicted molar refractivity (Wildman–Crippen MR) is 48.6 cm³/mol. The lowest BCUT2D eigenvalue weighted by Gasteiger charge is -2.26. The third-order valence-electron chi connectivity index (χ3n) is 1.94. The molecule has 1 aromatic rings. The molecule has 1 fully saturated rings. The van der Waals surface area contributed by atoms with E-state index in [4.69, 9.17) is 15.2 Å². The number of aromatic nitrogens is 1. The second-order valence-corrected chi connectivity index (χ2v) is 3.17. The average molecular weight is 180 g/mol. The molecule has 0 atom stereocenters. The normalized spacial score (nSPS) is 16.7.